The monoisotopic (exact) mass is 370 g/mol. The number of aromatic nitrogens is 2. The molecular formula is C18H18N4O3S. The summed E-state index contributed by atoms with van der Waals surface area (Å²) < 4.78 is 3.16. The second-order valence-electron chi connectivity index (χ2n) is 5.64. The molecule has 1 aromatic carbocycles. The van der Waals surface area contributed by atoms with Crippen molar-refractivity contribution < 1.29 is 9.59 Å². The molecule has 0 atom stereocenters. The molecule has 0 fully saturated rings. The average molecular weight is 370 g/mol. The van der Waals surface area contributed by atoms with Crippen molar-refractivity contribution in [3.8, 4) is 5.69 Å². The number of nitrogens with zero attached hydrogens (tertiary/aromatic N) is 2. The number of hydrogen-bond acceptors (Lipinski definition) is 4. The molecule has 0 saturated carbocycles. The van der Waals surface area contributed by atoms with Crippen molar-refractivity contribution in [3.05, 3.63) is 68.8 Å². The molecule has 0 aliphatic rings. The van der Waals surface area contributed by atoms with Gasteiger partial charge in [0.2, 0.25) is 5.91 Å². The van der Waals surface area contributed by atoms with Crippen LogP contribution < -0.4 is 16.2 Å². The molecule has 134 valence electrons. The Morgan fingerprint density at radius 3 is 2.50 bits per heavy atom. The van der Waals surface area contributed by atoms with Crippen LogP contribution in [0.3, 0.4) is 0 Å². The highest BCUT2D eigenvalue weighted by atomic mass is 32.1. The molecule has 0 bridgehead atoms. The highest BCUT2D eigenvalue weighted by Gasteiger charge is 2.18. The van der Waals surface area contributed by atoms with Gasteiger partial charge in [-0.3, -0.25) is 19.1 Å². The van der Waals surface area contributed by atoms with Crippen molar-refractivity contribution in [1.29, 1.82) is 0 Å². The zero-order valence-corrected chi connectivity index (χ0v) is 15.2. The number of para-hydroxylation sites is 1. The van der Waals surface area contributed by atoms with Crippen LogP contribution in [-0.2, 0) is 11.8 Å². The number of benzene rings is 1. The zero-order chi connectivity index (χ0) is 18.7. The molecule has 0 radical (unpaired) electrons. The minimum atomic E-state index is -0.457. The molecule has 0 aliphatic carbocycles. The van der Waals surface area contributed by atoms with Crippen LogP contribution in [0.1, 0.15) is 15.4 Å². The maximum Gasteiger partial charge on any atom is 0.295 e. The SMILES string of the molecule is Cc1c(NC(=O)CNC(=O)c2cccs2)c(=O)n(-c2ccccc2)n1C. The number of hydrogen-bond donors (Lipinski definition) is 2. The highest BCUT2D eigenvalue weighted by molar-refractivity contribution is 7.12. The van der Waals surface area contributed by atoms with Gasteiger partial charge in [-0.2, -0.15) is 0 Å². The fraction of sp³-hybridized carbons (Fsp3) is 0.167. The fourth-order valence-electron chi connectivity index (χ4n) is 2.55. The summed E-state index contributed by atoms with van der Waals surface area (Å²) in [5.41, 5.74) is 1.20. The second kappa shape index (κ2) is 7.40. The lowest BCUT2D eigenvalue weighted by atomic mass is 10.3. The van der Waals surface area contributed by atoms with E-state index in [0.29, 0.717) is 16.3 Å². The Hall–Kier alpha value is -3.13. The van der Waals surface area contributed by atoms with Gasteiger partial charge in [0.25, 0.3) is 11.5 Å². The van der Waals surface area contributed by atoms with Gasteiger partial charge in [-0.25, -0.2) is 4.68 Å². The normalized spacial score (nSPS) is 10.5. The molecule has 2 N–H and O–H groups in total. The Morgan fingerprint density at radius 2 is 1.85 bits per heavy atom. The van der Waals surface area contributed by atoms with Gasteiger partial charge in [0, 0.05) is 7.05 Å². The van der Waals surface area contributed by atoms with E-state index < -0.39 is 5.91 Å². The van der Waals surface area contributed by atoms with Crippen molar-refractivity contribution in [1.82, 2.24) is 14.7 Å². The van der Waals surface area contributed by atoms with Crippen LogP contribution in [0, 0.1) is 6.92 Å². The second-order valence-corrected chi connectivity index (χ2v) is 6.59. The van der Waals surface area contributed by atoms with E-state index >= 15 is 0 Å². The predicted molar refractivity (Wildman–Crippen MR) is 101 cm³/mol. The molecule has 0 spiro atoms. The van der Waals surface area contributed by atoms with E-state index in [1.54, 1.807) is 36.2 Å². The molecule has 2 aromatic heterocycles. The van der Waals surface area contributed by atoms with E-state index in [1.165, 1.54) is 16.0 Å². The standard InChI is InChI=1S/C18H18N4O3S/c1-12-16(18(25)22(21(12)2)13-7-4-3-5-8-13)20-15(23)11-19-17(24)14-9-6-10-26-14/h3-10H,11H2,1-2H3,(H,19,24)(H,20,23). The van der Waals surface area contributed by atoms with E-state index in [9.17, 15) is 14.4 Å². The molecule has 2 heterocycles. The lowest BCUT2D eigenvalue weighted by Crippen LogP contribution is -2.33. The van der Waals surface area contributed by atoms with Crippen molar-refractivity contribution in [2.24, 2.45) is 7.05 Å². The number of carbonyl (C=O) groups is 2. The Morgan fingerprint density at radius 1 is 1.12 bits per heavy atom. The Bertz CT molecular complexity index is 988. The van der Waals surface area contributed by atoms with Gasteiger partial charge in [0.05, 0.1) is 22.8 Å². The van der Waals surface area contributed by atoms with E-state index in [4.69, 9.17) is 0 Å². The van der Waals surface area contributed by atoms with E-state index in [1.807, 2.05) is 30.3 Å². The van der Waals surface area contributed by atoms with Crippen molar-refractivity contribution >= 4 is 28.8 Å². The van der Waals surface area contributed by atoms with Crippen molar-refractivity contribution in [3.63, 3.8) is 0 Å². The van der Waals surface area contributed by atoms with Gasteiger partial charge < -0.3 is 10.6 Å². The predicted octanol–water partition coefficient (Wildman–Crippen LogP) is 1.91. The van der Waals surface area contributed by atoms with Gasteiger partial charge in [-0.05, 0) is 30.5 Å². The molecule has 0 unspecified atom stereocenters. The summed E-state index contributed by atoms with van der Waals surface area (Å²) in [6, 6.07) is 12.6. The van der Waals surface area contributed by atoms with Crippen LogP contribution in [-0.4, -0.2) is 27.7 Å². The zero-order valence-electron chi connectivity index (χ0n) is 14.4. The summed E-state index contributed by atoms with van der Waals surface area (Å²) in [7, 11) is 1.75. The van der Waals surface area contributed by atoms with Crippen molar-refractivity contribution in [2.45, 2.75) is 6.92 Å². The van der Waals surface area contributed by atoms with Crippen LogP contribution in [0.2, 0.25) is 0 Å². The first-order valence-corrected chi connectivity index (χ1v) is 8.82. The van der Waals surface area contributed by atoms with Crippen molar-refractivity contribution in [2.75, 3.05) is 11.9 Å². The maximum absolute atomic E-state index is 12.7. The van der Waals surface area contributed by atoms with E-state index in [2.05, 4.69) is 10.6 Å². The molecule has 3 aromatic rings. The van der Waals surface area contributed by atoms with Gasteiger partial charge in [0.1, 0.15) is 5.69 Å². The van der Waals surface area contributed by atoms with Gasteiger partial charge in [0.15, 0.2) is 0 Å². The smallest absolute Gasteiger partial charge is 0.295 e. The number of nitrogens with one attached hydrogen (secondary N) is 2. The molecule has 0 aliphatic heterocycles. The van der Waals surface area contributed by atoms with Crippen LogP contribution >= 0.6 is 11.3 Å². The highest BCUT2D eigenvalue weighted by Crippen LogP contribution is 2.13. The van der Waals surface area contributed by atoms with Crippen LogP contribution in [0.5, 0.6) is 0 Å². The van der Waals surface area contributed by atoms with Gasteiger partial charge >= 0.3 is 0 Å². The minimum absolute atomic E-state index is 0.201. The largest absolute Gasteiger partial charge is 0.342 e. The Balaban J connectivity index is 1.75. The number of anilines is 1. The minimum Gasteiger partial charge on any atom is -0.342 e. The Kier molecular flexibility index (Phi) is 5.04. The van der Waals surface area contributed by atoms with E-state index in [0.717, 1.165) is 0 Å². The van der Waals surface area contributed by atoms with Gasteiger partial charge in [-0.1, -0.05) is 24.3 Å². The third kappa shape index (κ3) is 3.45. The third-order valence-corrected chi connectivity index (χ3v) is 4.84. The third-order valence-electron chi connectivity index (χ3n) is 3.97. The number of carbonyl (C=O) groups excluding carboxylic acids is 2. The average Bonchev–Trinajstić information content (AvgIpc) is 3.25. The summed E-state index contributed by atoms with van der Waals surface area (Å²) in [5.74, 6) is -0.775. The first-order valence-electron chi connectivity index (χ1n) is 7.94. The lowest BCUT2D eigenvalue weighted by molar-refractivity contribution is -0.115. The summed E-state index contributed by atoms with van der Waals surface area (Å²) in [6.45, 7) is 1.54. The molecule has 0 saturated heterocycles. The topological polar surface area (TPSA) is 85.1 Å². The first-order chi connectivity index (χ1) is 12.5. The number of thiophene rings is 1. The molecule has 2 amide bonds. The Labute approximate surface area is 153 Å². The molecule has 7 nitrogen and oxygen atoms in total. The molecule has 8 heteroatoms. The first kappa shape index (κ1) is 17.7. The number of rotatable bonds is 5. The number of amides is 2. The summed E-state index contributed by atoms with van der Waals surface area (Å²) in [6.07, 6.45) is 0. The summed E-state index contributed by atoms with van der Waals surface area (Å²) in [5, 5.41) is 6.93. The van der Waals surface area contributed by atoms with Gasteiger partial charge in [-0.15, -0.1) is 11.3 Å². The molecular weight excluding hydrogens is 352 g/mol. The summed E-state index contributed by atoms with van der Waals surface area (Å²) in [4.78, 5) is 37.3. The lowest BCUT2D eigenvalue weighted by Gasteiger charge is -2.07. The quantitative estimate of drug-likeness (QED) is 0.719. The van der Waals surface area contributed by atoms with E-state index in [-0.39, 0.29) is 23.7 Å². The maximum atomic E-state index is 12.7. The fourth-order valence-corrected chi connectivity index (χ4v) is 3.19. The van der Waals surface area contributed by atoms with Crippen LogP contribution in [0.15, 0.2) is 52.6 Å². The molecule has 3 rings (SSSR count). The van der Waals surface area contributed by atoms with Crippen LogP contribution in [0.25, 0.3) is 5.69 Å². The molecule has 26 heavy (non-hydrogen) atoms. The van der Waals surface area contributed by atoms with Crippen LogP contribution in [0.4, 0.5) is 5.69 Å². The summed E-state index contributed by atoms with van der Waals surface area (Å²) >= 11 is 1.29.